The molecule has 1 saturated carbocycles. The number of carbonyl (C=O) groups is 1. The van der Waals surface area contributed by atoms with E-state index >= 15 is 0 Å². The molecular formula is C19H27NO2. The highest BCUT2D eigenvalue weighted by Gasteiger charge is 2.46. The predicted molar refractivity (Wildman–Crippen MR) is 87.7 cm³/mol. The third kappa shape index (κ3) is 3.05. The molecule has 3 nitrogen and oxygen atoms in total. The lowest BCUT2D eigenvalue weighted by atomic mass is 9.95. The topological polar surface area (TPSA) is 40.5 Å². The fourth-order valence-electron chi connectivity index (χ4n) is 3.45. The van der Waals surface area contributed by atoms with Gasteiger partial charge in [-0.15, -0.1) is 0 Å². The van der Waals surface area contributed by atoms with Crippen LogP contribution in [-0.4, -0.2) is 35.1 Å². The number of rotatable bonds is 3. The van der Waals surface area contributed by atoms with Crippen molar-refractivity contribution >= 4 is 5.91 Å². The minimum atomic E-state index is -0.361. The molecule has 1 aromatic carbocycles. The smallest absolute Gasteiger partial charge is 0.226 e. The Morgan fingerprint density at radius 2 is 1.95 bits per heavy atom. The molecule has 1 N–H and O–H groups in total. The van der Waals surface area contributed by atoms with Crippen LogP contribution >= 0.6 is 0 Å². The van der Waals surface area contributed by atoms with Gasteiger partial charge in [0.15, 0.2) is 0 Å². The second kappa shape index (κ2) is 6.04. The zero-order valence-electron chi connectivity index (χ0n) is 13.8. The van der Waals surface area contributed by atoms with E-state index in [1.165, 1.54) is 11.1 Å². The van der Waals surface area contributed by atoms with Crippen LogP contribution in [-0.2, 0) is 4.79 Å². The monoisotopic (exact) mass is 301 g/mol. The average molecular weight is 301 g/mol. The van der Waals surface area contributed by atoms with Crippen LogP contribution in [0.25, 0.3) is 0 Å². The van der Waals surface area contributed by atoms with Gasteiger partial charge in [0.2, 0.25) is 5.91 Å². The van der Waals surface area contributed by atoms with Gasteiger partial charge in [0, 0.05) is 19.0 Å². The normalized spacial score (nSPS) is 31.4. The highest BCUT2D eigenvalue weighted by atomic mass is 16.3. The Bertz CT molecular complexity index is 537. The molecule has 1 aliphatic heterocycles. The van der Waals surface area contributed by atoms with E-state index in [-0.39, 0.29) is 17.9 Å². The van der Waals surface area contributed by atoms with Crippen LogP contribution in [0, 0.1) is 11.8 Å². The Hall–Kier alpha value is -1.35. The molecule has 2 aliphatic rings. The standard InChI is InChI=1S/C19H27NO2/c1-12(2)14-4-6-15(7-5-14)16-10-17(16)19(22)20-9-8-13(3)18(21)11-20/h4-7,12-13,16-18,21H,8-11H2,1-3H3. The number of aliphatic hydroxyl groups is 1. The van der Waals surface area contributed by atoms with Gasteiger partial charge < -0.3 is 10.0 Å². The lowest BCUT2D eigenvalue weighted by Crippen LogP contribution is -2.46. The summed E-state index contributed by atoms with van der Waals surface area (Å²) in [6.45, 7) is 7.76. The molecule has 3 rings (SSSR count). The summed E-state index contributed by atoms with van der Waals surface area (Å²) < 4.78 is 0. The first-order valence-corrected chi connectivity index (χ1v) is 8.54. The molecule has 1 heterocycles. The number of hydrogen-bond acceptors (Lipinski definition) is 2. The maximum Gasteiger partial charge on any atom is 0.226 e. The van der Waals surface area contributed by atoms with Crippen molar-refractivity contribution in [3.8, 4) is 0 Å². The Kier molecular flexibility index (Phi) is 4.26. The van der Waals surface area contributed by atoms with Crippen LogP contribution in [0.5, 0.6) is 0 Å². The minimum Gasteiger partial charge on any atom is -0.391 e. The molecule has 2 fully saturated rings. The SMILES string of the molecule is CC(C)c1ccc(C2CC2C(=O)N2CCC(C)C(O)C2)cc1. The van der Waals surface area contributed by atoms with Crippen molar-refractivity contribution in [2.24, 2.45) is 11.8 Å². The molecule has 1 aromatic rings. The highest BCUT2D eigenvalue weighted by molar-refractivity contribution is 5.83. The van der Waals surface area contributed by atoms with E-state index < -0.39 is 0 Å². The summed E-state index contributed by atoms with van der Waals surface area (Å²) in [4.78, 5) is 14.5. The Labute approximate surface area is 133 Å². The molecule has 1 saturated heterocycles. The van der Waals surface area contributed by atoms with Crippen LogP contribution in [0.3, 0.4) is 0 Å². The first kappa shape index (κ1) is 15.5. The largest absolute Gasteiger partial charge is 0.391 e. The zero-order valence-corrected chi connectivity index (χ0v) is 13.8. The first-order valence-electron chi connectivity index (χ1n) is 8.54. The van der Waals surface area contributed by atoms with Gasteiger partial charge in [-0.05, 0) is 41.7 Å². The summed E-state index contributed by atoms with van der Waals surface area (Å²) >= 11 is 0. The summed E-state index contributed by atoms with van der Waals surface area (Å²) in [7, 11) is 0. The van der Waals surface area contributed by atoms with Gasteiger partial charge in [0.05, 0.1) is 6.10 Å². The van der Waals surface area contributed by atoms with Crippen molar-refractivity contribution in [2.45, 2.75) is 51.6 Å². The lowest BCUT2D eigenvalue weighted by molar-refractivity contribution is -0.136. The van der Waals surface area contributed by atoms with Crippen molar-refractivity contribution in [1.82, 2.24) is 4.90 Å². The molecule has 4 unspecified atom stereocenters. The zero-order chi connectivity index (χ0) is 15.9. The maximum absolute atomic E-state index is 12.6. The molecule has 22 heavy (non-hydrogen) atoms. The molecule has 1 aliphatic carbocycles. The molecule has 0 bridgehead atoms. The number of piperidine rings is 1. The molecule has 1 amide bonds. The number of carbonyl (C=O) groups excluding carboxylic acids is 1. The van der Waals surface area contributed by atoms with Crippen molar-refractivity contribution < 1.29 is 9.90 Å². The number of β-amino-alcohol motifs (C(OH)–C–C–N with tert-alkyl or cyclic N) is 1. The van der Waals surface area contributed by atoms with Crippen LogP contribution in [0.15, 0.2) is 24.3 Å². The number of benzene rings is 1. The minimum absolute atomic E-state index is 0.130. The second-order valence-corrected chi connectivity index (χ2v) is 7.39. The van der Waals surface area contributed by atoms with Crippen molar-refractivity contribution in [3.05, 3.63) is 35.4 Å². The summed E-state index contributed by atoms with van der Waals surface area (Å²) in [5, 5.41) is 9.97. The Balaban J connectivity index is 1.60. The third-order valence-electron chi connectivity index (χ3n) is 5.37. The van der Waals surface area contributed by atoms with Crippen molar-refractivity contribution in [1.29, 1.82) is 0 Å². The summed E-state index contributed by atoms with van der Waals surface area (Å²) in [5.41, 5.74) is 2.63. The van der Waals surface area contributed by atoms with Gasteiger partial charge in [0.1, 0.15) is 0 Å². The molecule has 0 spiro atoms. The first-order chi connectivity index (χ1) is 10.5. The molecule has 4 atom stereocenters. The maximum atomic E-state index is 12.6. The van der Waals surface area contributed by atoms with Crippen molar-refractivity contribution in [3.63, 3.8) is 0 Å². The van der Waals surface area contributed by atoms with Crippen LogP contribution < -0.4 is 0 Å². The third-order valence-corrected chi connectivity index (χ3v) is 5.37. The van der Waals surface area contributed by atoms with Gasteiger partial charge in [-0.3, -0.25) is 4.79 Å². The van der Waals surface area contributed by atoms with Crippen LogP contribution in [0.4, 0.5) is 0 Å². The van der Waals surface area contributed by atoms with E-state index in [0.29, 0.717) is 24.3 Å². The van der Waals surface area contributed by atoms with E-state index in [1.54, 1.807) is 0 Å². The highest BCUT2D eigenvalue weighted by Crippen LogP contribution is 2.48. The molecular weight excluding hydrogens is 274 g/mol. The number of likely N-dealkylation sites (tertiary alicyclic amines) is 1. The lowest BCUT2D eigenvalue weighted by Gasteiger charge is -2.34. The van der Waals surface area contributed by atoms with Crippen LogP contribution in [0.1, 0.15) is 56.6 Å². The predicted octanol–water partition coefficient (Wildman–Crippen LogP) is 3.14. The molecule has 0 radical (unpaired) electrons. The van der Waals surface area contributed by atoms with Gasteiger partial charge in [-0.1, -0.05) is 45.0 Å². The number of hydrogen-bond donors (Lipinski definition) is 1. The Morgan fingerprint density at radius 1 is 1.27 bits per heavy atom. The summed E-state index contributed by atoms with van der Waals surface area (Å²) in [6.07, 6.45) is 1.51. The van der Waals surface area contributed by atoms with Gasteiger partial charge in [-0.25, -0.2) is 0 Å². The van der Waals surface area contributed by atoms with E-state index in [9.17, 15) is 9.90 Å². The second-order valence-electron chi connectivity index (χ2n) is 7.39. The number of amides is 1. The van der Waals surface area contributed by atoms with E-state index in [2.05, 4.69) is 45.0 Å². The fourth-order valence-corrected chi connectivity index (χ4v) is 3.45. The van der Waals surface area contributed by atoms with Gasteiger partial charge in [0.25, 0.3) is 0 Å². The van der Waals surface area contributed by atoms with E-state index in [1.807, 2.05) is 4.90 Å². The number of nitrogens with zero attached hydrogens (tertiary/aromatic N) is 1. The number of aliphatic hydroxyl groups excluding tert-OH is 1. The quantitative estimate of drug-likeness (QED) is 0.931. The van der Waals surface area contributed by atoms with Gasteiger partial charge >= 0.3 is 0 Å². The molecule has 0 aromatic heterocycles. The Morgan fingerprint density at radius 3 is 2.55 bits per heavy atom. The van der Waals surface area contributed by atoms with Crippen molar-refractivity contribution in [2.75, 3.05) is 13.1 Å². The average Bonchev–Trinajstić information content (AvgIpc) is 3.30. The van der Waals surface area contributed by atoms with Crippen LogP contribution in [0.2, 0.25) is 0 Å². The van der Waals surface area contributed by atoms with E-state index in [0.717, 1.165) is 19.4 Å². The molecule has 3 heteroatoms. The molecule has 120 valence electrons. The summed E-state index contributed by atoms with van der Waals surface area (Å²) in [5.74, 6) is 1.60. The summed E-state index contributed by atoms with van der Waals surface area (Å²) in [6, 6.07) is 8.74. The van der Waals surface area contributed by atoms with Gasteiger partial charge in [-0.2, -0.15) is 0 Å². The van der Waals surface area contributed by atoms with E-state index in [4.69, 9.17) is 0 Å². The fraction of sp³-hybridized carbons (Fsp3) is 0.632.